The molecule has 2 aliphatic heterocycles. The van der Waals surface area contributed by atoms with E-state index in [0.29, 0.717) is 72.0 Å². The van der Waals surface area contributed by atoms with Gasteiger partial charge in [-0.3, -0.25) is 9.48 Å². The largest absolute Gasteiger partial charge is 0.494 e. The van der Waals surface area contributed by atoms with Crippen molar-refractivity contribution in [3.8, 4) is 16.9 Å². The number of fused-ring (bicyclic) bond motifs is 3. The highest BCUT2D eigenvalue weighted by atomic mass is 35.5. The molecule has 14 nitrogen and oxygen atoms in total. The van der Waals surface area contributed by atoms with Crippen molar-refractivity contribution >= 4 is 61.8 Å². The van der Waals surface area contributed by atoms with Crippen molar-refractivity contribution in [3.63, 3.8) is 0 Å². The van der Waals surface area contributed by atoms with Crippen LogP contribution in [0.1, 0.15) is 73.2 Å². The number of carboxylic acids is 1. The van der Waals surface area contributed by atoms with Gasteiger partial charge in [0.1, 0.15) is 23.0 Å². The van der Waals surface area contributed by atoms with Gasteiger partial charge in [0.15, 0.2) is 0 Å². The van der Waals surface area contributed by atoms with Gasteiger partial charge in [-0.15, -0.1) is 0 Å². The van der Waals surface area contributed by atoms with Crippen molar-refractivity contribution in [1.82, 2.24) is 28.5 Å². The number of hydrogen-bond donors (Lipinski definition) is 1. The molecule has 4 aromatic heterocycles. The molecule has 6 aromatic rings. The highest BCUT2D eigenvalue weighted by Gasteiger charge is 2.34. The van der Waals surface area contributed by atoms with Gasteiger partial charge in [-0.1, -0.05) is 29.3 Å². The lowest BCUT2D eigenvalue weighted by Crippen LogP contribution is -2.49. The van der Waals surface area contributed by atoms with Crippen LogP contribution in [0.4, 0.5) is 5.82 Å². The first-order valence-corrected chi connectivity index (χ1v) is 22.8. The van der Waals surface area contributed by atoms with E-state index in [1.165, 1.54) is 22.5 Å². The maximum absolute atomic E-state index is 15.1. The van der Waals surface area contributed by atoms with Crippen molar-refractivity contribution in [1.29, 1.82) is 0 Å². The van der Waals surface area contributed by atoms with E-state index < -0.39 is 16.0 Å². The quantitative estimate of drug-likeness (QED) is 0.119. The number of piperazine rings is 1. The summed E-state index contributed by atoms with van der Waals surface area (Å²) in [5, 5.41) is 17.0. The number of furan rings is 1. The summed E-state index contributed by atoms with van der Waals surface area (Å²) in [6.07, 6.45) is 1.77. The fraction of sp³-hybridized carbons (Fsp3) is 0.378. The van der Waals surface area contributed by atoms with Gasteiger partial charge in [-0.2, -0.15) is 9.40 Å². The number of benzene rings is 2. The molecule has 1 fully saturated rings. The fourth-order valence-corrected chi connectivity index (χ4v) is 10.5. The molecule has 1 saturated heterocycles. The summed E-state index contributed by atoms with van der Waals surface area (Å²) in [6.45, 7) is 11.8. The highest BCUT2D eigenvalue weighted by Crippen LogP contribution is 2.43. The van der Waals surface area contributed by atoms with Crippen molar-refractivity contribution < 1.29 is 32.3 Å². The number of halogens is 2. The predicted octanol–water partition coefficient (Wildman–Crippen LogP) is 8.15. The third-order valence-electron chi connectivity index (χ3n) is 11.9. The lowest BCUT2D eigenvalue weighted by molar-refractivity contribution is 0.0696. The van der Waals surface area contributed by atoms with Crippen LogP contribution in [-0.4, -0.2) is 93.3 Å². The van der Waals surface area contributed by atoms with Gasteiger partial charge < -0.3 is 28.6 Å². The second-order valence-electron chi connectivity index (χ2n) is 16.1. The number of sulfonamides is 1. The van der Waals surface area contributed by atoms with E-state index >= 15 is 4.79 Å². The lowest BCUT2D eigenvalue weighted by Gasteiger charge is -2.34. The SMILES string of the molecule is Cc1ccc(S(=O)(=O)N2CCN(c3cc(C(=O)O)cc(CN4CCCn5c(c(CCCOc6cc(C)c(Cl)c(C)c6)c6ccc(Cl)c(-c7c(C)nn(C)c7C)c65)C4=O)n3)CC2)o1. The van der Waals surface area contributed by atoms with Gasteiger partial charge in [-0.25, -0.2) is 18.2 Å². The minimum absolute atomic E-state index is 0.0238. The minimum atomic E-state index is -3.84. The van der Waals surface area contributed by atoms with Gasteiger partial charge in [0, 0.05) is 73.5 Å². The molecule has 0 radical (unpaired) electrons. The molecule has 0 saturated carbocycles. The summed E-state index contributed by atoms with van der Waals surface area (Å²) >= 11 is 13.5. The van der Waals surface area contributed by atoms with Crippen molar-refractivity contribution in [2.45, 2.75) is 72.1 Å². The number of nitrogens with zero attached hydrogens (tertiary/aromatic N) is 7. The Bertz CT molecular complexity index is 2830. The smallest absolute Gasteiger partial charge is 0.335 e. The molecule has 2 aromatic carbocycles. The Kier molecular flexibility index (Phi) is 11.9. The molecule has 1 amide bonds. The number of aromatic carboxylic acids is 1. The van der Waals surface area contributed by atoms with E-state index in [1.54, 1.807) is 17.9 Å². The summed E-state index contributed by atoms with van der Waals surface area (Å²) in [5.74, 6) is 0.298. The Labute approximate surface area is 370 Å². The number of ether oxygens (including phenoxy) is 1. The molecule has 62 heavy (non-hydrogen) atoms. The highest BCUT2D eigenvalue weighted by molar-refractivity contribution is 7.89. The lowest BCUT2D eigenvalue weighted by atomic mass is 9.98. The monoisotopic (exact) mass is 901 g/mol. The van der Waals surface area contributed by atoms with Gasteiger partial charge in [0.05, 0.1) is 40.6 Å². The van der Waals surface area contributed by atoms with Crippen LogP contribution in [0.3, 0.4) is 0 Å². The number of pyridine rings is 1. The molecule has 0 unspecified atom stereocenters. The number of amides is 1. The van der Waals surface area contributed by atoms with Crippen LogP contribution < -0.4 is 9.64 Å². The number of carboxylic acid groups (broad SMARTS) is 1. The maximum Gasteiger partial charge on any atom is 0.335 e. The number of carbonyl (C=O) groups is 2. The molecule has 6 heterocycles. The van der Waals surface area contributed by atoms with Crippen LogP contribution in [0.25, 0.3) is 22.0 Å². The van der Waals surface area contributed by atoms with E-state index in [1.807, 2.05) is 68.6 Å². The summed E-state index contributed by atoms with van der Waals surface area (Å²) in [5.41, 5.74) is 8.15. The second kappa shape index (κ2) is 17.1. The molecule has 0 atom stereocenters. The minimum Gasteiger partial charge on any atom is -0.494 e. The van der Waals surface area contributed by atoms with Crippen LogP contribution in [0.2, 0.25) is 10.0 Å². The van der Waals surface area contributed by atoms with Gasteiger partial charge in [0.2, 0.25) is 5.09 Å². The van der Waals surface area contributed by atoms with E-state index in [4.69, 9.17) is 42.4 Å². The molecule has 0 bridgehead atoms. The zero-order valence-corrected chi connectivity index (χ0v) is 37.9. The van der Waals surface area contributed by atoms with E-state index in [2.05, 4.69) is 4.57 Å². The Morgan fingerprint density at radius 2 is 1.65 bits per heavy atom. The van der Waals surface area contributed by atoms with Crippen molar-refractivity contribution in [2.75, 3.05) is 44.2 Å². The summed E-state index contributed by atoms with van der Waals surface area (Å²) in [7, 11) is -1.93. The molecular weight excluding hydrogens is 854 g/mol. The molecule has 326 valence electrons. The number of anilines is 1. The Morgan fingerprint density at radius 3 is 2.29 bits per heavy atom. The van der Waals surface area contributed by atoms with Gasteiger partial charge in [0.25, 0.3) is 15.9 Å². The molecule has 1 N–H and O–H groups in total. The average Bonchev–Trinajstić information content (AvgIpc) is 3.86. The van der Waals surface area contributed by atoms with Gasteiger partial charge in [-0.05, 0) is 113 Å². The second-order valence-corrected chi connectivity index (χ2v) is 18.8. The first kappa shape index (κ1) is 43.3. The summed E-state index contributed by atoms with van der Waals surface area (Å²) in [4.78, 5) is 36.1. The number of rotatable bonds is 12. The third-order valence-corrected chi connectivity index (χ3v) is 14.6. The number of aryl methyl sites for hydroxylation is 7. The fourth-order valence-electron chi connectivity index (χ4n) is 8.81. The maximum atomic E-state index is 15.1. The first-order chi connectivity index (χ1) is 29.5. The van der Waals surface area contributed by atoms with Crippen LogP contribution in [0.15, 0.2) is 58.0 Å². The number of carbonyl (C=O) groups excluding carboxylic acids is 1. The molecule has 2 aliphatic rings. The topological polar surface area (TPSA) is 156 Å². The average molecular weight is 903 g/mol. The zero-order chi connectivity index (χ0) is 44.2. The van der Waals surface area contributed by atoms with Crippen LogP contribution >= 0.6 is 23.2 Å². The van der Waals surface area contributed by atoms with Crippen LogP contribution in [-0.2, 0) is 36.6 Å². The van der Waals surface area contributed by atoms with Crippen LogP contribution in [0.5, 0.6) is 5.75 Å². The molecule has 17 heteroatoms. The van der Waals surface area contributed by atoms with Crippen LogP contribution in [0, 0.1) is 34.6 Å². The molecular formula is C45H49Cl2N7O7S. The normalized spacial score (nSPS) is 15.1. The predicted molar refractivity (Wildman–Crippen MR) is 238 cm³/mol. The third kappa shape index (κ3) is 8.07. The zero-order valence-electron chi connectivity index (χ0n) is 35.6. The molecule has 0 spiro atoms. The Balaban J connectivity index is 1.12. The van der Waals surface area contributed by atoms with E-state index in [-0.39, 0.29) is 49.3 Å². The van der Waals surface area contributed by atoms with E-state index in [0.717, 1.165) is 55.9 Å². The van der Waals surface area contributed by atoms with Crippen molar-refractivity contribution in [2.24, 2.45) is 7.05 Å². The number of hydrogen-bond acceptors (Lipinski definition) is 9. The molecule has 8 rings (SSSR count). The Morgan fingerprint density at radius 1 is 0.919 bits per heavy atom. The van der Waals surface area contributed by atoms with E-state index in [9.17, 15) is 18.3 Å². The summed E-state index contributed by atoms with van der Waals surface area (Å²) < 4.78 is 43.5. The summed E-state index contributed by atoms with van der Waals surface area (Å²) in [6, 6.07) is 13.8. The van der Waals surface area contributed by atoms with Gasteiger partial charge >= 0.3 is 5.97 Å². The van der Waals surface area contributed by atoms with Crippen molar-refractivity contribution in [3.05, 3.63) is 109 Å². The molecule has 0 aliphatic carbocycles. The first-order valence-electron chi connectivity index (χ1n) is 20.6. The number of aromatic nitrogens is 4. The standard InChI is InChI=1S/C45H49Cl2N7O7S/c1-26-21-33(22-27(2)41(26)47)60-20-7-9-34-35-11-12-36(46)40(39-29(4)49-50(6)30(39)5)42(35)54-15-8-14-52(44(55)43(34)54)25-32-23-31(45(56)57)24-37(48-32)51-16-18-53(19-17-51)62(58,59)38-13-10-28(3)61-38/h10-13,21-24H,7-9,14-20,25H2,1-6H3,(H,56,57). The Hall–Kier alpha value is -5.35.